The Kier molecular flexibility index (Phi) is 3.87. The molecule has 2 unspecified atom stereocenters. The van der Waals surface area contributed by atoms with Crippen molar-refractivity contribution in [1.29, 1.82) is 0 Å². The predicted molar refractivity (Wildman–Crippen MR) is 84.7 cm³/mol. The van der Waals surface area contributed by atoms with E-state index in [0.717, 1.165) is 13.0 Å². The molecule has 18 heavy (non-hydrogen) atoms. The van der Waals surface area contributed by atoms with E-state index in [9.17, 15) is 0 Å². The maximum absolute atomic E-state index is 5.91. The van der Waals surface area contributed by atoms with Crippen molar-refractivity contribution < 1.29 is 4.74 Å². The second-order valence-corrected chi connectivity index (χ2v) is 6.80. The van der Waals surface area contributed by atoms with E-state index in [1.54, 1.807) is 0 Å². The molecule has 1 aromatic carbocycles. The highest BCUT2D eigenvalue weighted by Crippen LogP contribution is 2.35. The second-order valence-electron chi connectivity index (χ2n) is 4.76. The van der Waals surface area contributed by atoms with E-state index >= 15 is 0 Å². The molecule has 3 rings (SSSR count). The zero-order valence-corrected chi connectivity index (χ0v) is 13.5. The second kappa shape index (κ2) is 5.43. The first kappa shape index (κ1) is 12.8. The number of halogens is 1. The van der Waals surface area contributed by atoms with Gasteiger partial charge < -0.3 is 4.74 Å². The van der Waals surface area contributed by atoms with E-state index < -0.39 is 0 Å². The van der Waals surface area contributed by atoms with Crippen molar-refractivity contribution in [3.05, 3.63) is 29.5 Å². The Morgan fingerprint density at radius 3 is 3.06 bits per heavy atom. The molecule has 1 aliphatic heterocycles. The molecular weight excluding hydrogens is 358 g/mol. The van der Waals surface area contributed by atoms with Gasteiger partial charge in [0, 0.05) is 12.0 Å². The van der Waals surface area contributed by atoms with Crippen LogP contribution in [0.1, 0.15) is 36.5 Å². The monoisotopic (exact) mass is 374 g/mol. The molecule has 0 bridgehead atoms. The normalized spacial score (nSPS) is 21.1. The topological polar surface area (TPSA) is 27.1 Å². The lowest BCUT2D eigenvalue weighted by atomic mass is 9.96. The number of ether oxygens (including phenoxy) is 1. The summed E-state index contributed by atoms with van der Waals surface area (Å²) in [7, 11) is 0. The van der Waals surface area contributed by atoms with Crippen LogP contribution in [0.15, 0.2) is 18.3 Å². The first-order valence-electron chi connectivity index (χ1n) is 6.26. The summed E-state index contributed by atoms with van der Waals surface area (Å²) in [5, 5.41) is 5.65. The Bertz CT molecular complexity index is 563. The summed E-state index contributed by atoms with van der Waals surface area (Å²) in [6.45, 7) is 3.08. The number of rotatable bonds is 2. The highest BCUT2D eigenvalue weighted by molar-refractivity contribution is 14.2. The van der Waals surface area contributed by atoms with Crippen molar-refractivity contribution in [1.82, 2.24) is 9.55 Å². The first-order valence-corrected chi connectivity index (χ1v) is 10.3. The van der Waals surface area contributed by atoms with E-state index in [4.69, 9.17) is 4.74 Å². The van der Waals surface area contributed by atoms with Crippen LogP contribution in [0.2, 0.25) is 0 Å². The van der Waals surface area contributed by atoms with Gasteiger partial charge in [0.15, 0.2) is 0 Å². The van der Waals surface area contributed by atoms with Crippen LogP contribution in [0.4, 0.5) is 0 Å². The van der Waals surface area contributed by atoms with Gasteiger partial charge in [-0.3, -0.25) is 0 Å². The number of benzene rings is 1. The molecule has 2 atom stereocenters. The zero-order chi connectivity index (χ0) is 12.5. The van der Waals surface area contributed by atoms with Crippen LogP contribution in [0, 0.1) is 6.92 Å². The Morgan fingerprint density at radius 2 is 2.33 bits per heavy atom. The molecular formula is C13H16IN2OP. The Balaban J connectivity index is 2.07. The molecule has 0 amide bonds. The van der Waals surface area contributed by atoms with Crippen LogP contribution in [0.3, 0.4) is 0 Å². The van der Waals surface area contributed by atoms with Gasteiger partial charge in [0.25, 0.3) is 0 Å². The van der Waals surface area contributed by atoms with E-state index in [1.165, 1.54) is 34.9 Å². The summed E-state index contributed by atoms with van der Waals surface area (Å²) >= 11 is 2.37. The van der Waals surface area contributed by atoms with E-state index in [-0.39, 0.29) is 6.10 Å². The summed E-state index contributed by atoms with van der Waals surface area (Å²) in [5.74, 6) is 0. The number of fused-ring (bicyclic) bond motifs is 1. The number of aromatic nitrogens is 2. The smallest absolute Gasteiger partial charge is 0.0828 e. The van der Waals surface area contributed by atoms with Crippen LogP contribution in [0.25, 0.3) is 10.9 Å². The Morgan fingerprint density at radius 1 is 1.44 bits per heavy atom. The highest BCUT2D eigenvalue weighted by atomic mass is 127. The average molecular weight is 374 g/mol. The third kappa shape index (κ3) is 2.30. The fourth-order valence-corrected chi connectivity index (χ4v) is 4.14. The Hall–Kier alpha value is -0.190. The minimum absolute atomic E-state index is 0.282. The molecule has 0 saturated carbocycles. The summed E-state index contributed by atoms with van der Waals surface area (Å²) < 4.78 is 7.99. The molecule has 3 nitrogen and oxygen atoms in total. The molecule has 1 saturated heterocycles. The third-order valence-corrected chi connectivity index (χ3v) is 5.45. The molecule has 0 aliphatic carbocycles. The van der Waals surface area contributed by atoms with Gasteiger partial charge in [0.2, 0.25) is 0 Å². The fraction of sp³-hybridized carbons (Fsp3) is 0.462. The lowest BCUT2D eigenvalue weighted by Crippen LogP contribution is -2.12. The van der Waals surface area contributed by atoms with Crippen LogP contribution >= 0.6 is 28.4 Å². The lowest BCUT2D eigenvalue weighted by molar-refractivity contribution is 0.0146. The SMILES string of the molecule is Cc1cc2cnn(PI)c2cc1C1CCCCO1. The van der Waals surface area contributed by atoms with Crippen LogP contribution in [0.5, 0.6) is 0 Å². The maximum Gasteiger partial charge on any atom is 0.0828 e. The van der Waals surface area contributed by atoms with E-state index in [0.29, 0.717) is 6.37 Å². The van der Waals surface area contributed by atoms with Gasteiger partial charge in [0.1, 0.15) is 0 Å². The first-order chi connectivity index (χ1) is 8.79. The van der Waals surface area contributed by atoms with Crippen molar-refractivity contribution in [3.63, 3.8) is 0 Å². The molecule has 1 aliphatic rings. The van der Waals surface area contributed by atoms with Gasteiger partial charge in [-0.05, 0) is 71.5 Å². The molecule has 0 spiro atoms. The van der Waals surface area contributed by atoms with Crippen molar-refractivity contribution in [2.45, 2.75) is 32.3 Å². The quantitative estimate of drug-likeness (QED) is 0.576. The maximum atomic E-state index is 5.91. The van der Waals surface area contributed by atoms with Gasteiger partial charge >= 0.3 is 0 Å². The van der Waals surface area contributed by atoms with Crippen LogP contribution in [-0.4, -0.2) is 16.2 Å². The van der Waals surface area contributed by atoms with Crippen molar-refractivity contribution in [3.8, 4) is 0 Å². The van der Waals surface area contributed by atoms with Gasteiger partial charge in [-0.1, -0.05) is 0 Å². The Labute approximate surface area is 122 Å². The van der Waals surface area contributed by atoms with Crippen LogP contribution < -0.4 is 0 Å². The minimum atomic E-state index is 0.282. The molecule has 2 heterocycles. The minimum Gasteiger partial charge on any atom is -0.374 e. The van der Waals surface area contributed by atoms with Gasteiger partial charge in [-0.15, -0.1) is 0 Å². The standard InChI is InChI=1S/C13H16IN2OP/c1-9-6-10-8-15-16(18-14)12(10)7-11(9)13-4-2-3-5-17-13/h6-8,13,18H,2-5H2,1H3. The predicted octanol–water partition coefficient (Wildman–Crippen LogP) is 4.38. The summed E-state index contributed by atoms with van der Waals surface area (Å²) in [4.78, 5) is 0. The molecule has 0 N–H and O–H groups in total. The van der Waals surface area contributed by atoms with Gasteiger partial charge in [0.05, 0.1) is 24.2 Å². The zero-order valence-electron chi connectivity index (χ0n) is 10.3. The average Bonchev–Trinajstić information content (AvgIpc) is 2.80. The summed E-state index contributed by atoms with van der Waals surface area (Å²) in [6, 6.07) is 4.52. The van der Waals surface area contributed by atoms with Crippen molar-refractivity contribution >= 4 is 39.3 Å². The van der Waals surface area contributed by atoms with Crippen molar-refractivity contribution in [2.24, 2.45) is 0 Å². The highest BCUT2D eigenvalue weighted by Gasteiger charge is 2.19. The van der Waals surface area contributed by atoms with Crippen LogP contribution in [-0.2, 0) is 4.74 Å². The molecule has 0 radical (unpaired) electrons. The van der Waals surface area contributed by atoms with Gasteiger partial charge in [-0.2, -0.15) is 5.10 Å². The summed E-state index contributed by atoms with van der Waals surface area (Å²) in [5.41, 5.74) is 3.90. The molecule has 5 heteroatoms. The molecule has 1 fully saturated rings. The van der Waals surface area contributed by atoms with Gasteiger partial charge in [-0.25, -0.2) is 4.45 Å². The number of hydrogen-bond donors (Lipinski definition) is 0. The number of aryl methyl sites for hydroxylation is 1. The third-order valence-electron chi connectivity index (χ3n) is 3.56. The fourth-order valence-electron chi connectivity index (χ4n) is 2.60. The molecule has 1 aromatic heterocycles. The molecule has 96 valence electrons. The number of nitrogens with zero attached hydrogens (tertiary/aromatic N) is 2. The lowest BCUT2D eigenvalue weighted by Gasteiger charge is -2.24. The largest absolute Gasteiger partial charge is 0.374 e. The summed E-state index contributed by atoms with van der Waals surface area (Å²) in [6.07, 6.45) is 6.50. The van der Waals surface area contributed by atoms with E-state index in [2.05, 4.69) is 50.6 Å². The van der Waals surface area contributed by atoms with Crippen molar-refractivity contribution in [2.75, 3.05) is 6.61 Å². The molecule has 2 aromatic rings. The number of hydrogen-bond acceptors (Lipinski definition) is 2. The van der Waals surface area contributed by atoms with E-state index in [1.807, 2.05) is 6.20 Å².